The van der Waals surface area contributed by atoms with Crippen LogP contribution < -0.4 is 10.2 Å². The molecule has 4 rings (SSSR count). The summed E-state index contributed by atoms with van der Waals surface area (Å²) >= 11 is 0. The van der Waals surface area contributed by atoms with Crippen molar-refractivity contribution in [3.8, 4) is 28.4 Å². The summed E-state index contributed by atoms with van der Waals surface area (Å²) in [5.41, 5.74) is 1.83. The molecule has 0 aliphatic rings. The van der Waals surface area contributed by atoms with Gasteiger partial charge in [-0.2, -0.15) is 0 Å². The lowest BCUT2D eigenvalue weighted by molar-refractivity contribution is -0.140. The molecule has 1 aromatic heterocycles. The first-order valence-electron chi connectivity index (χ1n) is 11.2. The van der Waals surface area contributed by atoms with E-state index in [0.29, 0.717) is 22.4 Å². The minimum atomic E-state index is -0.637. The van der Waals surface area contributed by atoms with Crippen LogP contribution in [0, 0.1) is 0 Å². The van der Waals surface area contributed by atoms with E-state index in [9.17, 15) is 19.8 Å². The van der Waals surface area contributed by atoms with Crippen LogP contribution >= 0.6 is 0 Å². The first kappa shape index (κ1) is 23.9. The molecule has 35 heavy (non-hydrogen) atoms. The van der Waals surface area contributed by atoms with Gasteiger partial charge in [0, 0.05) is 11.5 Å². The van der Waals surface area contributed by atoms with Gasteiger partial charge >= 0.3 is 5.97 Å². The molecule has 0 radical (unpaired) electrons. The van der Waals surface area contributed by atoms with Crippen molar-refractivity contribution in [2.75, 3.05) is 7.11 Å². The zero-order valence-corrected chi connectivity index (χ0v) is 19.6. The van der Waals surface area contributed by atoms with Crippen molar-refractivity contribution in [1.82, 2.24) is 0 Å². The van der Waals surface area contributed by atoms with Gasteiger partial charge in [-0.25, -0.2) is 0 Å². The Balaban J connectivity index is 1.87. The summed E-state index contributed by atoms with van der Waals surface area (Å²) in [6.07, 6.45) is 1.26. The van der Waals surface area contributed by atoms with Crippen LogP contribution in [0.5, 0.6) is 17.2 Å². The van der Waals surface area contributed by atoms with Crippen molar-refractivity contribution >= 4 is 16.9 Å². The molecule has 1 heterocycles. The van der Waals surface area contributed by atoms with E-state index in [1.807, 2.05) is 26.0 Å². The second-order valence-electron chi connectivity index (χ2n) is 8.47. The quantitative estimate of drug-likeness (QED) is 0.348. The van der Waals surface area contributed by atoms with Crippen molar-refractivity contribution in [3.63, 3.8) is 0 Å². The number of methoxy groups -OCH3 is 1. The number of hydrogen-bond acceptors (Lipinski definition) is 7. The number of phenolic OH excluding ortho intramolecular Hbond substituents is 2. The number of fused-ring (bicyclic) bond motifs is 1. The van der Waals surface area contributed by atoms with E-state index in [-0.39, 0.29) is 40.4 Å². The molecule has 0 bridgehead atoms. The topological polar surface area (TPSA) is 106 Å². The number of carbonyl (C=O) groups excluding carboxylic acids is 1. The standard InChI is InChI=1S/C28H26O7/c1-16(2)35-20-10-6-17(7-11-20)22(14-25(31)33-3)26-24(30)13-12-21-27(32)23(15-34-28(21)26)18-4-8-19(29)9-5-18/h4-13,15-16,22,29-30H,14H2,1-3H3. The van der Waals surface area contributed by atoms with Gasteiger partial charge in [0.25, 0.3) is 0 Å². The van der Waals surface area contributed by atoms with Gasteiger partial charge in [0.1, 0.15) is 29.1 Å². The van der Waals surface area contributed by atoms with Crippen LogP contribution in [0.2, 0.25) is 0 Å². The minimum absolute atomic E-state index is 0.00544. The summed E-state index contributed by atoms with van der Waals surface area (Å²) in [7, 11) is 1.30. The lowest BCUT2D eigenvalue weighted by Crippen LogP contribution is -2.13. The number of phenols is 2. The van der Waals surface area contributed by atoms with Gasteiger partial charge in [0.15, 0.2) is 0 Å². The molecule has 7 nitrogen and oxygen atoms in total. The van der Waals surface area contributed by atoms with E-state index in [1.54, 1.807) is 24.3 Å². The number of benzene rings is 3. The van der Waals surface area contributed by atoms with Crippen molar-refractivity contribution < 1.29 is 28.9 Å². The highest BCUT2D eigenvalue weighted by atomic mass is 16.5. The SMILES string of the molecule is COC(=O)CC(c1ccc(OC(C)C)cc1)c1c(O)ccc2c(=O)c(-c3ccc(O)cc3)coc12. The minimum Gasteiger partial charge on any atom is -0.508 e. The highest BCUT2D eigenvalue weighted by Crippen LogP contribution is 2.39. The van der Waals surface area contributed by atoms with Crippen LogP contribution in [0.3, 0.4) is 0 Å². The maximum Gasteiger partial charge on any atom is 0.306 e. The summed E-state index contributed by atoms with van der Waals surface area (Å²) in [6.45, 7) is 3.85. The summed E-state index contributed by atoms with van der Waals surface area (Å²) in [6, 6.07) is 16.3. The molecule has 0 saturated carbocycles. The third-order valence-corrected chi connectivity index (χ3v) is 5.74. The molecule has 0 amide bonds. The number of esters is 1. The van der Waals surface area contributed by atoms with Crippen LogP contribution in [0.4, 0.5) is 0 Å². The van der Waals surface area contributed by atoms with E-state index >= 15 is 0 Å². The maximum absolute atomic E-state index is 13.3. The lowest BCUT2D eigenvalue weighted by atomic mass is 9.86. The molecule has 1 atom stereocenters. The number of ether oxygens (including phenoxy) is 2. The summed E-state index contributed by atoms with van der Waals surface area (Å²) < 4.78 is 16.5. The predicted molar refractivity (Wildman–Crippen MR) is 132 cm³/mol. The van der Waals surface area contributed by atoms with E-state index in [0.717, 1.165) is 5.56 Å². The lowest BCUT2D eigenvalue weighted by Gasteiger charge is -2.20. The summed E-state index contributed by atoms with van der Waals surface area (Å²) in [5.74, 6) is -0.456. The van der Waals surface area contributed by atoms with Crippen LogP contribution in [-0.4, -0.2) is 29.4 Å². The molecule has 1 unspecified atom stereocenters. The Kier molecular flexibility index (Phi) is 6.78. The van der Waals surface area contributed by atoms with E-state index in [2.05, 4.69) is 0 Å². The molecule has 0 aliphatic heterocycles. The van der Waals surface area contributed by atoms with Crippen LogP contribution in [-0.2, 0) is 9.53 Å². The molecule has 0 spiro atoms. The Morgan fingerprint density at radius 1 is 0.971 bits per heavy atom. The van der Waals surface area contributed by atoms with Gasteiger partial charge in [0.2, 0.25) is 5.43 Å². The second-order valence-corrected chi connectivity index (χ2v) is 8.47. The third kappa shape index (κ3) is 4.99. The van der Waals surface area contributed by atoms with Crippen molar-refractivity contribution in [2.45, 2.75) is 32.3 Å². The molecular weight excluding hydrogens is 448 g/mol. The smallest absolute Gasteiger partial charge is 0.306 e. The third-order valence-electron chi connectivity index (χ3n) is 5.74. The average molecular weight is 475 g/mol. The molecule has 7 heteroatoms. The highest BCUT2D eigenvalue weighted by Gasteiger charge is 2.26. The summed E-state index contributed by atoms with van der Waals surface area (Å²) in [5, 5.41) is 20.7. The molecule has 0 saturated heterocycles. The zero-order valence-electron chi connectivity index (χ0n) is 19.6. The molecule has 0 aliphatic carbocycles. The fourth-order valence-electron chi connectivity index (χ4n) is 4.08. The maximum atomic E-state index is 13.3. The number of carbonyl (C=O) groups is 1. The average Bonchev–Trinajstić information content (AvgIpc) is 2.84. The van der Waals surface area contributed by atoms with Gasteiger partial charge in [-0.1, -0.05) is 24.3 Å². The number of rotatable bonds is 7. The Hall–Kier alpha value is -4.26. The molecule has 180 valence electrons. The molecule has 2 N–H and O–H groups in total. The molecule has 4 aromatic rings. The monoisotopic (exact) mass is 474 g/mol. The molecular formula is C28H26O7. The number of hydrogen-bond donors (Lipinski definition) is 2. The van der Waals surface area contributed by atoms with Gasteiger partial charge in [-0.15, -0.1) is 0 Å². The Bertz CT molecular complexity index is 1400. The Morgan fingerprint density at radius 2 is 1.66 bits per heavy atom. The Labute approximate surface area is 202 Å². The Morgan fingerprint density at radius 3 is 2.29 bits per heavy atom. The van der Waals surface area contributed by atoms with Crippen LogP contribution in [0.1, 0.15) is 37.3 Å². The van der Waals surface area contributed by atoms with E-state index in [4.69, 9.17) is 13.9 Å². The second kappa shape index (κ2) is 9.93. The van der Waals surface area contributed by atoms with E-state index in [1.165, 1.54) is 37.6 Å². The van der Waals surface area contributed by atoms with Gasteiger partial charge < -0.3 is 24.1 Å². The fraction of sp³-hybridized carbons (Fsp3) is 0.214. The highest BCUT2D eigenvalue weighted by molar-refractivity contribution is 5.87. The zero-order chi connectivity index (χ0) is 25.1. The normalized spacial score (nSPS) is 12.0. The van der Waals surface area contributed by atoms with Gasteiger partial charge in [-0.3, -0.25) is 9.59 Å². The van der Waals surface area contributed by atoms with Crippen LogP contribution in [0.15, 0.2) is 76.1 Å². The van der Waals surface area contributed by atoms with Crippen molar-refractivity contribution in [2.24, 2.45) is 0 Å². The first-order chi connectivity index (χ1) is 16.8. The van der Waals surface area contributed by atoms with Gasteiger partial charge in [0.05, 0.1) is 30.6 Å². The molecule has 0 fully saturated rings. The van der Waals surface area contributed by atoms with Crippen molar-refractivity contribution in [1.29, 1.82) is 0 Å². The largest absolute Gasteiger partial charge is 0.508 e. The number of aromatic hydroxyl groups is 2. The summed E-state index contributed by atoms with van der Waals surface area (Å²) in [4.78, 5) is 25.7. The fourth-order valence-corrected chi connectivity index (χ4v) is 4.08. The molecule has 3 aromatic carbocycles. The van der Waals surface area contributed by atoms with E-state index < -0.39 is 11.9 Å². The first-order valence-corrected chi connectivity index (χ1v) is 11.2. The predicted octanol–water partition coefficient (Wildman–Crippen LogP) is 5.35. The van der Waals surface area contributed by atoms with Crippen LogP contribution in [0.25, 0.3) is 22.1 Å². The van der Waals surface area contributed by atoms with Gasteiger partial charge in [-0.05, 0) is 61.4 Å². The van der Waals surface area contributed by atoms with Crippen molar-refractivity contribution in [3.05, 3.63) is 88.3 Å².